The van der Waals surface area contributed by atoms with Gasteiger partial charge in [0.25, 0.3) is 0 Å². The molecule has 0 aromatic rings. The monoisotopic (exact) mass is 194 g/mol. The standard InChI is InChI=1S/C10H14O2.C2H4/c1-10(9(11)12-2)6-7-3-4-8(10)5-7;1-2/h3-4,7-8H,5-6H2,1-2H3;1-2H2. The quantitative estimate of drug-likeness (QED) is 0.473. The second-order valence-electron chi connectivity index (χ2n) is 4.10. The van der Waals surface area contributed by atoms with Crippen LogP contribution in [0.5, 0.6) is 0 Å². The largest absolute Gasteiger partial charge is 0.469 e. The van der Waals surface area contributed by atoms with E-state index in [0.717, 1.165) is 12.8 Å². The molecule has 0 N–H and O–H groups in total. The molecule has 0 heterocycles. The zero-order chi connectivity index (χ0) is 10.8. The summed E-state index contributed by atoms with van der Waals surface area (Å²) in [6.45, 7) is 8.02. The summed E-state index contributed by atoms with van der Waals surface area (Å²) in [6.07, 6.45) is 6.52. The van der Waals surface area contributed by atoms with Gasteiger partial charge in [-0.3, -0.25) is 4.79 Å². The van der Waals surface area contributed by atoms with E-state index < -0.39 is 0 Å². The lowest BCUT2D eigenvalue weighted by molar-refractivity contribution is -0.153. The van der Waals surface area contributed by atoms with Crippen molar-refractivity contribution in [1.82, 2.24) is 0 Å². The summed E-state index contributed by atoms with van der Waals surface area (Å²) in [6, 6.07) is 0. The Hall–Kier alpha value is -1.05. The Morgan fingerprint density at radius 1 is 1.50 bits per heavy atom. The third kappa shape index (κ3) is 1.49. The first-order valence-electron chi connectivity index (χ1n) is 4.93. The number of esters is 1. The number of carbonyl (C=O) groups is 1. The molecule has 2 heteroatoms. The van der Waals surface area contributed by atoms with Crippen LogP contribution in [0.4, 0.5) is 0 Å². The molecular weight excluding hydrogens is 176 g/mol. The van der Waals surface area contributed by atoms with Gasteiger partial charge in [0.05, 0.1) is 12.5 Å². The average molecular weight is 194 g/mol. The molecule has 2 rings (SSSR count). The van der Waals surface area contributed by atoms with Crippen LogP contribution < -0.4 is 0 Å². The fourth-order valence-electron chi connectivity index (χ4n) is 2.56. The molecule has 0 spiro atoms. The SMILES string of the molecule is C=C.COC(=O)C1(C)CC2C=CC1C2. The van der Waals surface area contributed by atoms with E-state index in [0.29, 0.717) is 11.8 Å². The molecule has 0 radical (unpaired) electrons. The van der Waals surface area contributed by atoms with Crippen molar-refractivity contribution in [2.75, 3.05) is 7.11 Å². The maximum absolute atomic E-state index is 11.5. The summed E-state index contributed by atoms with van der Waals surface area (Å²) in [5, 5.41) is 0. The Balaban J connectivity index is 0.000000461. The molecule has 3 unspecified atom stereocenters. The maximum Gasteiger partial charge on any atom is 0.312 e. The van der Waals surface area contributed by atoms with Gasteiger partial charge < -0.3 is 4.74 Å². The molecule has 2 aliphatic carbocycles. The maximum atomic E-state index is 11.5. The number of carbonyl (C=O) groups excluding carboxylic acids is 1. The minimum Gasteiger partial charge on any atom is -0.469 e. The first kappa shape index (κ1) is 11.0. The minimum atomic E-state index is -0.228. The molecule has 0 saturated heterocycles. The highest BCUT2D eigenvalue weighted by Gasteiger charge is 2.50. The first-order valence-corrected chi connectivity index (χ1v) is 4.93. The highest BCUT2D eigenvalue weighted by atomic mass is 16.5. The van der Waals surface area contributed by atoms with Crippen LogP contribution >= 0.6 is 0 Å². The number of methoxy groups -OCH3 is 1. The number of ether oxygens (including phenoxy) is 1. The normalized spacial score (nSPS) is 37.6. The Bertz CT molecular complexity index is 257. The number of rotatable bonds is 1. The van der Waals surface area contributed by atoms with E-state index in [-0.39, 0.29) is 11.4 Å². The van der Waals surface area contributed by atoms with Crippen LogP contribution in [0.15, 0.2) is 25.3 Å². The topological polar surface area (TPSA) is 26.3 Å². The van der Waals surface area contributed by atoms with Gasteiger partial charge in [0.1, 0.15) is 0 Å². The second-order valence-corrected chi connectivity index (χ2v) is 4.10. The molecule has 0 aromatic heterocycles. The molecule has 1 fully saturated rings. The zero-order valence-electron chi connectivity index (χ0n) is 8.95. The third-order valence-electron chi connectivity index (χ3n) is 3.33. The Morgan fingerprint density at radius 3 is 2.50 bits per heavy atom. The predicted octanol–water partition coefficient (Wildman–Crippen LogP) is 2.56. The Kier molecular flexibility index (Phi) is 3.14. The second kappa shape index (κ2) is 3.99. The van der Waals surface area contributed by atoms with Crippen LogP contribution in [0, 0.1) is 17.3 Å². The van der Waals surface area contributed by atoms with Crippen molar-refractivity contribution in [3.05, 3.63) is 25.3 Å². The zero-order valence-corrected chi connectivity index (χ0v) is 8.95. The fraction of sp³-hybridized carbons (Fsp3) is 0.583. The van der Waals surface area contributed by atoms with Gasteiger partial charge in [0.2, 0.25) is 0 Å². The summed E-state index contributed by atoms with van der Waals surface area (Å²) in [5.41, 5.74) is -0.228. The van der Waals surface area contributed by atoms with Crippen molar-refractivity contribution >= 4 is 5.97 Å². The van der Waals surface area contributed by atoms with E-state index in [1.54, 1.807) is 0 Å². The molecule has 78 valence electrons. The lowest BCUT2D eigenvalue weighted by Crippen LogP contribution is -2.32. The molecular formula is C12H18O2. The third-order valence-corrected chi connectivity index (χ3v) is 3.33. The minimum absolute atomic E-state index is 0.0423. The number of allylic oxidation sites excluding steroid dienone is 2. The van der Waals surface area contributed by atoms with Crippen LogP contribution in [0.3, 0.4) is 0 Å². The number of hydrogen-bond donors (Lipinski definition) is 0. The summed E-state index contributed by atoms with van der Waals surface area (Å²) in [7, 11) is 1.48. The van der Waals surface area contributed by atoms with Gasteiger partial charge in [-0.1, -0.05) is 12.2 Å². The van der Waals surface area contributed by atoms with Crippen LogP contribution in [-0.4, -0.2) is 13.1 Å². The molecule has 3 atom stereocenters. The Labute approximate surface area is 85.6 Å². The highest BCUT2D eigenvalue weighted by molar-refractivity contribution is 5.78. The first-order chi connectivity index (χ1) is 6.66. The van der Waals surface area contributed by atoms with E-state index in [1.807, 2.05) is 6.92 Å². The summed E-state index contributed by atoms with van der Waals surface area (Å²) in [5.74, 6) is 1.01. The number of hydrogen-bond acceptors (Lipinski definition) is 2. The average Bonchev–Trinajstić information content (AvgIpc) is 2.79. The molecule has 2 aliphatic rings. The van der Waals surface area contributed by atoms with Gasteiger partial charge in [-0.25, -0.2) is 0 Å². The molecule has 0 amide bonds. The molecule has 2 bridgehead atoms. The highest BCUT2D eigenvalue weighted by Crippen LogP contribution is 2.52. The molecule has 14 heavy (non-hydrogen) atoms. The van der Waals surface area contributed by atoms with Crippen molar-refractivity contribution < 1.29 is 9.53 Å². The van der Waals surface area contributed by atoms with Gasteiger partial charge in [-0.05, 0) is 31.6 Å². The molecule has 1 saturated carbocycles. The van der Waals surface area contributed by atoms with Crippen LogP contribution in [0.2, 0.25) is 0 Å². The van der Waals surface area contributed by atoms with E-state index in [9.17, 15) is 4.79 Å². The van der Waals surface area contributed by atoms with Gasteiger partial charge in [0, 0.05) is 0 Å². The van der Waals surface area contributed by atoms with Gasteiger partial charge in [-0.2, -0.15) is 0 Å². The van der Waals surface area contributed by atoms with Crippen molar-refractivity contribution in [2.45, 2.75) is 19.8 Å². The van der Waals surface area contributed by atoms with Crippen LogP contribution in [-0.2, 0) is 9.53 Å². The summed E-state index contributed by atoms with van der Waals surface area (Å²) >= 11 is 0. The number of fused-ring (bicyclic) bond motifs is 2. The Morgan fingerprint density at radius 2 is 2.14 bits per heavy atom. The van der Waals surface area contributed by atoms with Crippen molar-refractivity contribution in [3.63, 3.8) is 0 Å². The molecule has 0 aromatic carbocycles. The summed E-state index contributed by atoms with van der Waals surface area (Å²) in [4.78, 5) is 11.5. The molecule has 2 nitrogen and oxygen atoms in total. The van der Waals surface area contributed by atoms with Gasteiger partial charge in [0.15, 0.2) is 0 Å². The van der Waals surface area contributed by atoms with Crippen molar-refractivity contribution in [1.29, 1.82) is 0 Å². The lowest BCUT2D eigenvalue weighted by atomic mass is 9.78. The lowest BCUT2D eigenvalue weighted by Gasteiger charge is -2.27. The predicted molar refractivity (Wildman–Crippen MR) is 56.7 cm³/mol. The van der Waals surface area contributed by atoms with Crippen molar-refractivity contribution in [3.8, 4) is 0 Å². The van der Waals surface area contributed by atoms with E-state index >= 15 is 0 Å². The van der Waals surface area contributed by atoms with Crippen molar-refractivity contribution in [2.24, 2.45) is 17.3 Å². The van der Waals surface area contributed by atoms with E-state index in [4.69, 9.17) is 4.74 Å². The smallest absolute Gasteiger partial charge is 0.312 e. The van der Waals surface area contributed by atoms with E-state index in [1.165, 1.54) is 7.11 Å². The van der Waals surface area contributed by atoms with Crippen LogP contribution in [0.1, 0.15) is 19.8 Å². The van der Waals surface area contributed by atoms with E-state index in [2.05, 4.69) is 25.3 Å². The summed E-state index contributed by atoms with van der Waals surface area (Å²) < 4.78 is 4.82. The fourth-order valence-corrected chi connectivity index (χ4v) is 2.56. The van der Waals surface area contributed by atoms with Crippen LogP contribution in [0.25, 0.3) is 0 Å². The van der Waals surface area contributed by atoms with Gasteiger partial charge >= 0.3 is 5.97 Å². The molecule has 0 aliphatic heterocycles. The van der Waals surface area contributed by atoms with Gasteiger partial charge in [-0.15, -0.1) is 13.2 Å².